The molecule has 8 nitrogen and oxygen atoms in total. The molecule has 0 saturated carbocycles. The maximum Gasteiger partial charge on any atom is 0.276 e. The Kier molecular flexibility index (Phi) is 5.95. The zero-order valence-corrected chi connectivity index (χ0v) is 16.2. The van der Waals surface area contributed by atoms with Crippen molar-refractivity contribution in [3.8, 4) is 22.8 Å². The highest BCUT2D eigenvalue weighted by molar-refractivity contribution is 7.89. The average molecular weight is 400 g/mol. The lowest BCUT2D eigenvalue weighted by Gasteiger charge is -2.06. The summed E-state index contributed by atoms with van der Waals surface area (Å²) in [5.41, 5.74) is 2.22. The standard InChI is InChI=1S/C19H20N4O4S/c1-3-27-17-8-10-18(11-9-17)28(24,25)23-21-13-15-12-20-22-19(15)14-4-6-16(26-2)7-5-14/h4-13,23H,3H2,1-2H3,(H,20,22)/b21-13-. The number of ether oxygens (including phenoxy) is 2. The van der Waals surface area contributed by atoms with Gasteiger partial charge in [-0.15, -0.1) is 0 Å². The predicted molar refractivity (Wildman–Crippen MR) is 106 cm³/mol. The van der Waals surface area contributed by atoms with E-state index >= 15 is 0 Å². The summed E-state index contributed by atoms with van der Waals surface area (Å²) >= 11 is 0. The van der Waals surface area contributed by atoms with Crippen LogP contribution in [0.25, 0.3) is 11.3 Å². The zero-order chi connectivity index (χ0) is 20.0. The van der Waals surface area contributed by atoms with Gasteiger partial charge in [0.25, 0.3) is 10.0 Å². The van der Waals surface area contributed by atoms with Crippen molar-refractivity contribution in [2.75, 3.05) is 13.7 Å². The van der Waals surface area contributed by atoms with Crippen molar-refractivity contribution in [2.24, 2.45) is 5.10 Å². The van der Waals surface area contributed by atoms with Crippen molar-refractivity contribution in [1.29, 1.82) is 0 Å². The second-order valence-electron chi connectivity index (χ2n) is 5.69. The highest BCUT2D eigenvalue weighted by atomic mass is 32.2. The molecule has 0 bridgehead atoms. The van der Waals surface area contributed by atoms with E-state index in [1.54, 1.807) is 25.4 Å². The topological polar surface area (TPSA) is 106 Å². The number of benzene rings is 2. The molecule has 0 radical (unpaired) electrons. The third-order valence-corrected chi connectivity index (χ3v) is 5.11. The zero-order valence-electron chi connectivity index (χ0n) is 15.4. The van der Waals surface area contributed by atoms with E-state index in [2.05, 4.69) is 20.1 Å². The molecule has 2 N–H and O–H groups in total. The summed E-state index contributed by atoms with van der Waals surface area (Å²) in [7, 11) is -2.19. The fourth-order valence-electron chi connectivity index (χ4n) is 2.48. The Morgan fingerprint density at radius 2 is 1.79 bits per heavy atom. The summed E-state index contributed by atoms with van der Waals surface area (Å²) < 4.78 is 35.2. The quantitative estimate of drug-likeness (QED) is 0.447. The van der Waals surface area contributed by atoms with Crippen molar-refractivity contribution in [2.45, 2.75) is 11.8 Å². The number of nitrogens with one attached hydrogen (secondary N) is 2. The molecule has 0 amide bonds. The summed E-state index contributed by atoms with van der Waals surface area (Å²) in [4.78, 5) is 2.29. The van der Waals surface area contributed by atoms with Gasteiger partial charge in [-0.25, -0.2) is 4.83 Å². The SMILES string of the molecule is CCOc1ccc(S(=O)(=O)N/N=C\c2cn[nH]c2-c2ccc(OC)cc2)cc1. The van der Waals surface area contributed by atoms with E-state index in [1.165, 1.54) is 18.3 Å². The van der Waals surface area contributed by atoms with E-state index in [0.717, 1.165) is 11.3 Å². The van der Waals surface area contributed by atoms with Gasteiger partial charge in [0.15, 0.2) is 0 Å². The summed E-state index contributed by atoms with van der Waals surface area (Å²) in [6.07, 6.45) is 2.96. The first-order valence-electron chi connectivity index (χ1n) is 8.49. The Bertz CT molecular complexity index is 1040. The van der Waals surface area contributed by atoms with Crippen LogP contribution in [0, 0.1) is 0 Å². The van der Waals surface area contributed by atoms with E-state index in [-0.39, 0.29) is 4.90 Å². The average Bonchev–Trinajstić information content (AvgIpc) is 3.17. The van der Waals surface area contributed by atoms with Gasteiger partial charge in [-0.3, -0.25) is 5.10 Å². The molecule has 3 rings (SSSR count). The van der Waals surface area contributed by atoms with Gasteiger partial charge in [-0.2, -0.15) is 18.6 Å². The van der Waals surface area contributed by atoms with Crippen LogP contribution >= 0.6 is 0 Å². The number of sulfonamides is 1. The smallest absolute Gasteiger partial charge is 0.276 e. The van der Waals surface area contributed by atoms with Crippen molar-refractivity contribution in [3.63, 3.8) is 0 Å². The van der Waals surface area contributed by atoms with Crippen LogP contribution < -0.4 is 14.3 Å². The maximum atomic E-state index is 12.4. The first kappa shape index (κ1) is 19.4. The molecule has 3 aromatic rings. The number of aromatic amines is 1. The Morgan fingerprint density at radius 1 is 1.11 bits per heavy atom. The third-order valence-electron chi connectivity index (χ3n) is 3.87. The molecule has 0 aliphatic carbocycles. The molecule has 0 aliphatic rings. The predicted octanol–water partition coefficient (Wildman–Crippen LogP) is 2.80. The molecule has 9 heteroatoms. The molecule has 28 heavy (non-hydrogen) atoms. The van der Waals surface area contributed by atoms with Gasteiger partial charge in [0.05, 0.1) is 36.7 Å². The molecule has 0 spiro atoms. The second-order valence-corrected chi connectivity index (χ2v) is 7.35. The van der Waals surface area contributed by atoms with Crippen LogP contribution in [0.15, 0.2) is 64.7 Å². The van der Waals surface area contributed by atoms with Crippen LogP contribution in [0.5, 0.6) is 11.5 Å². The van der Waals surface area contributed by atoms with Crippen LogP contribution in [0.2, 0.25) is 0 Å². The Balaban J connectivity index is 1.73. The lowest BCUT2D eigenvalue weighted by Crippen LogP contribution is -2.18. The number of rotatable bonds is 8. The number of H-pyrrole nitrogens is 1. The third kappa shape index (κ3) is 4.49. The lowest BCUT2D eigenvalue weighted by atomic mass is 10.1. The molecule has 0 fully saturated rings. The monoisotopic (exact) mass is 400 g/mol. The molecule has 146 valence electrons. The number of hydrogen-bond donors (Lipinski definition) is 2. The lowest BCUT2D eigenvalue weighted by molar-refractivity contribution is 0.340. The fourth-order valence-corrected chi connectivity index (χ4v) is 3.27. The second kappa shape index (κ2) is 8.57. The largest absolute Gasteiger partial charge is 0.497 e. The normalized spacial score (nSPS) is 11.5. The summed E-state index contributed by atoms with van der Waals surface area (Å²) in [6, 6.07) is 13.5. The van der Waals surface area contributed by atoms with Crippen LogP contribution in [0.4, 0.5) is 0 Å². The molecule has 0 unspecified atom stereocenters. The molecular formula is C19H20N4O4S. The Labute approximate surface area is 163 Å². The first-order valence-corrected chi connectivity index (χ1v) is 9.97. The van der Waals surface area contributed by atoms with Crippen molar-refractivity contribution < 1.29 is 17.9 Å². The van der Waals surface area contributed by atoms with E-state index in [0.29, 0.717) is 23.6 Å². The molecule has 1 aromatic heterocycles. The van der Waals surface area contributed by atoms with Gasteiger partial charge in [0.1, 0.15) is 11.5 Å². The van der Waals surface area contributed by atoms with Gasteiger partial charge >= 0.3 is 0 Å². The molecule has 2 aromatic carbocycles. The van der Waals surface area contributed by atoms with E-state index < -0.39 is 10.0 Å². The van der Waals surface area contributed by atoms with Gasteiger partial charge in [-0.05, 0) is 55.5 Å². The minimum absolute atomic E-state index is 0.0932. The molecular weight excluding hydrogens is 380 g/mol. The Morgan fingerprint density at radius 3 is 2.43 bits per heavy atom. The fraction of sp³-hybridized carbons (Fsp3) is 0.158. The summed E-state index contributed by atoms with van der Waals surface area (Å²) in [6.45, 7) is 2.37. The molecule has 0 aliphatic heterocycles. The highest BCUT2D eigenvalue weighted by Crippen LogP contribution is 2.22. The van der Waals surface area contributed by atoms with Gasteiger partial charge < -0.3 is 9.47 Å². The summed E-state index contributed by atoms with van der Waals surface area (Å²) in [5, 5.41) is 10.7. The Hall–Kier alpha value is -3.33. The van der Waals surface area contributed by atoms with Gasteiger partial charge in [-0.1, -0.05) is 0 Å². The highest BCUT2D eigenvalue weighted by Gasteiger charge is 2.13. The van der Waals surface area contributed by atoms with Gasteiger partial charge in [0.2, 0.25) is 0 Å². The number of aromatic nitrogens is 2. The molecule has 0 atom stereocenters. The van der Waals surface area contributed by atoms with Crippen LogP contribution in [0.1, 0.15) is 12.5 Å². The summed E-state index contributed by atoms with van der Waals surface area (Å²) in [5.74, 6) is 1.34. The molecule has 1 heterocycles. The van der Waals surface area contributed by atoms with E-state index in [4.69, 9.17) is 9.47 Å². The first-order chi connectivity index (χ1) is 13.5. The van der Waals surface area contributed by atoms with Crippen molar-refractivity contribution in [3.05, 3.63) is 60.3 Å². The number of hydrogen-bond acceptors (Lipinski definition) is 6. The van der Waals surface area contributed by atoms with Crippen LogP contribution in [-0.4, -0.2) is 38.5 Å². The van der Waals surface area contributed by atoms with Gasteiger partial charge in [0, 0.05) is 11.1 Å². The minimum Gasteiger partial charge on any atom is -0.497 e. The number of methoxy groups -OCH3 is 1. The number of hydrazone groups is 1. The minimum atomic E-state index is -3.78. The van der Waals surface area contributed by atoms with Crippen LogP contribution in [-0.2, 0) is 10.0 Å². The van der Waals surface area contributed by atoms with Crippen molar-refractivity contribution in [1.82, 2.24) is 15.0 Å². The van der Waals surface area contributed by atoms with E-state index in [9.17, 15) is 8.42 Å². The molecule has 0 saturated heterocycles. The van der Waals surface area contributed by atoms with Crippen LogP contribution in [0.3, 0.4) is 0 Å². The number of nitrogens with zero attached hydrogens (tertiary/aromatic N) is 2. The van der Waals surface area contributed by atoms with E-state index in [1.807, 2.05) is 31.2 Å². The van der Waals surface area contributed by atoms with Crippen molar-refractivity contribution >= 4 is 16.2 Å². The maximum absolute atomic E-state index is 12.4.